The summed E-state index contributed by atoms with van der Waals surface area (Å²) >= 11 is 0. The number of carbonyl (C=O) groups excluding carboxylic acids is 2. The van der Waals surface area contributed by atoms with Gasteiger partial charge >= 0.3 is 0 Å². The van der Waals surface area contributed by atoms with E-state index in [1.54, 1.807) is 12.4 Å². The molecule has 0 unspecified atom stereocenters. The van der Waals surface area contributed by atoms with Crippen LogP contribution >= 0.6 is 0 Å². The van der Waals surface area contributed by atoms with Gasteiger partial charge in [0.2, 0.25) is 11.8 Å². The normalized spacial score (nSPS) is 24.9. The Morgan fingerprint density at radius 2 is 1.83 bits per heavy atom. The van der Waals surface area contributed by atoms with E-state index in [1.165, 1.54) is 19.3 Å². The second kappa shape index (κ2) is 9.20. The Labute approximate surface area is 173 Å². The lowest BCUT2D eigenvalue weighted by molar-refractivity contribution is -0.127. The molecule has 0 aromatic carbocycles. The van der Waals surface area contributed by atoms with Gasteiger partial charge in [-0.05, 0) is 51.4 Å². The predicted molar refractivity (Wildman–Crippen MR) is 110 cm³/mol. The van der Waals surface area contributed by atoms with Gasteiger partial charge in [-0.3, -0.25) is 24.5 Å². The van der Waals surface area contributed by atoms with Crippen LogP contribution in [0.1, 0.15) is 62.8 Å². The van der Waals surface area contributed by atoms with Gasteiger partial charge in [-0.15, -0.1) is 0 Å². The number of carbonyl (C=O) groups is 2. The molecule has 2 aliphatic carbocycles. The highest BCUT2D eigenvalue weighted by Crippen LogP contribution is 2.35. The van der Waals surface area contributed by atoms with Crippen LogP contribution in [-0.4, -0.2) is 51.9 Å². The molecule has 0 spiro atoms. The van der Waals surface area contributed by atoms with E-state index in [0.717, 1.165) is 56.1 Å². The first-order chi connectivity index (χ1) is 14.1. The van der Waals surface area contributed by atoms with Crippen molar-refractivity contribution in [3.63, 3.8) is 0 Å². The maximum atomic E-state index is 12.5. The van der Waals surface area contributed by atoms with E-state index in [-0.39, 0.29) is 23.8 Å². The Balaban J connectivity index is 1.26. The Hall–Kier alpha value is -2.02. The van der Waals surface area contributed by atoms with E-state index in [9.17, 15) is 9.59 Å². The zero-order chi connectivity index (χ0) is 20.2. The van der Waals surface area contributed by atoms with Gasteiger partial charge in [0.1, 0.15) is 0 Å². The van der Waals surface area contributed by atoms with Crippen molar-refractivity contribution in [2.75, 3.05) is 13.1 Å². The lowest BCUT2D eigenvalue weighted by Gasteiger charge is -2.31. The number of aromatic nitrogens is 2. The lowest BCUT2D eigenvalue weighted by atomic mass is 9.85. The van der Waals surface area contributed by atoms with E-state index >= 15 is 0 Å². The molecule has 2 heterocycles. The van der Waals surface area contributed by atoms with E-state index in [2.05, 4.69) is 25.5 Å². The summed E-state index contributed by atoms with van der Waals surface area (Å²) in [6.07, 6.45) is 11.9. The fourth-order valence-corrected chi connectivity index (χ4v) is 4.37. The van der Waals surface area contributed by atoms with Crippen molar-refractivity contribution in [2.45, 2.75) is 76.9 Å². The third-order valence-electron chi connectivity index (χ3n) is 6.65. The first-order valence-electron chi connectivity index (χ1n) is 11.2. The highest BCUT2D eigenvalue weighted by atomic mass is 16.2. The second-order valence-corrected chi connectivity index (χ2v) is 9.03. The average molecular weight is 400 g/mol. The minimum Gasteiger partial charge on any atom is -0.354 e. The lowest BCUT2D eigenvalue weighted by Crippen LogP contribution is -2.47. The highest BCUT2D eigenvalue weighted by Gasteiger charge is 2.38. The fraction of sp³-hybridized carbons (Fsp3) is 0.727. The molecule has 1 aliphatic heterocycles. The van der Waals surface area contributed by atoms with Gasteiger partial charge in [0.05, 0.1) is 24.1 Å². The predicted octanol–water partition coefficient (Wildman–Crippen LogP) is 1.95. The molecule has 2 saturated carbocycles. The molecule has 2 atom stereocenters. The van der Waals surface area contributed by atoms with E-state index in [4.69, 9.17) is 0 Å². The Bertz CT molecular complexity index is 714. The second-order valence-electron chi connectivity index (χ2n) is 9.03. The van der Waals surface area contributed by atoms with Crippen molar-refractivity contribution in [3.8, 4) is 0 Å². The van der Waals surface area contributed by atoms with Gasteiger partial charge in [0.25, 0.3) is 0 Å². The number of nitrogens with one attached hydrogen (secondary N) is 2. The number of aryl methyl sites for hydroxylation is 1. The molecule has 7 nitrogen and oxygen atoms in total. The molecule has 1 aromatic rings. The van der Waals surface area contributed by atoms with Gasteiger partial charge in [0, 0.05) is 43.7 Å². The van der Waals surface area contributed by atoms with Gasteiger partial charge in [-0.1, -0.05) is 6.42 Å². The molecule has 2 N–H and O–H groups in total. The van der Waals surface area contributed by atoms with Crippen LogP contribution in [-0.2, 0) is 16.1 Å². The van der Waals surface area contributed by atoms with Gasteiger partial charge in [-0.25, -0.2) is 0 Å². The van der Waals surface area contributed by atoms with Crippen LogP contribution in [0.4, 0.5) is 0 Å². The molecule has 0 bridgehead atoms. The van der Waals surface area contributed by atoms with E-state index in [0.29, 0.717) is 19.0 Å². The average Bonchev–Trinajstić information content (AvgIpc) is 3.40. The summed E-state index contributed by atoms with van der Waals surface area (Å²) in [5.74, 6) is 1.30. The summed E-state index contributed by atoms with van der Waals surface area (Å²) in [6.45, 7) is 4.10. The molecule has 1 aromatic heterocycles. The van der Waals surface area contributed by atoms with Crippen molar-refractivity contribution < 1.29 is 9.59 Å². The molecule has 29 heavy (non-hydrogen) atoms. The zero-order valence-corrected chi connectivity index (χ0v) is 17.4. The number of hydrogen-bond donors (Lipinski definition) is 2. The standard InChI is InChI=1S/C22H33N5O2/c1-15-10-24-18(11-23-15)12-25-21(28)9-19-7-8-20(27(19)14-16-5-6-16)13-26-22(29)17-3-2-4-17/h10-11,16-17,19-20H,2-9,12-14H2,1H3,(H,25,28)(H,26,29)/t19-,20+/m1/s1. The van der Waals surface area contributed by atoms with Crippen LogP contribution in [0, 0.1) is 18.8 Å². The van der Waals surface area contributed by atoms with Crippen LogP contribution < -0.4 is 10.6 Å². The number of amides is 2. The summed E-state index contributed by atoms with van der Waals surface area (Å²) in [5, 5.41) is 6.17. The van der Waals surface area contributed by atoms with Gasteiger partial charge in [0.15, 0.2) is 0 Å². The molecular weight excluding hydrogens is 366 g/mol. The van der Waals surface area contributed by atoms with Crippen molar-refractivity contribution in [1.29, 1.82) is 0 Å². The summed E-state index contributed by atoms with van der Waals surface area (Å²) in [6, 6.07) is 0.630. The fourth-order valence-electron chi connectivity index (χ4n) is 4.37. The SMILES string of the molecule is Cc1cnc(CNC(=O)C[C@H]2CC[C@@H](CNC(=O)C3CCC3)N2CC2CC2)cn1. The molecule has 7 heteroatoms. The molecule has 158 valence electrons. The molecule has 4 rings (SSSR count). The zero-order valence-electron chi connectivity index (χ0n) is 17.4. The minimum atomic E-state index is 0.0670. The monoisotopic (exact) mass is 399 g/mol. The molecular formula is C22H33N5O2. The molecule has 1 saturated heterocycles. The van der Waals surface area contributed by atoms with Crippen molar-refractivity contribution in [2.24, 2.45) is 11.8 Å². The summed E-state index contributed by atoms with van der Waals surface area (Å²) in [7, 11) is 0. The Morgan fingerprint density at radius 3 is 2.48 bits per heavy atom. The summed E-state index contributed by atoms with van der Waals surface area (Å²) in [5.41, 5.74) is 1.65. The molecule has 0 radical (unpaired) electrons. The number of hydrogen-bond acceptors (Lipinski definition) is 5. The minimum absolute atomic E-state index is 0.0670. The molecule has 2 amide bonds. The Kier molecular flexibility index (Phi) is 6.43. The summed E-state index contributed by atoms with van der Waals surface area (Å²) < 4.78 is 0. The maximum absolute atomic E-state index is 12.5. The van der Waals surface area contributed by atoms with Crippen LogP contribution in [0.3, 0.4) is 0 Å². The van der Waals surface area contributed by atoms with Crippen molar-refractivity contribution in [1.82, 2.24) is 25.5 Å². The smallest absolute Gasteiger partial charge is 0.223 e. The first-order valence-corrected chi connectivity index (χ1v) is 11.2. The first kappa shape index (κ1) is 20.3. The van der Waals surface area contributed by atoms with Crippen molar-refractivity contribution >= 4 is 11.8 Å². The number of rotatable bonds is 9. The summed E-state index contributed by atoms with van der Waals surface area (Å²) in [4.78, 5) is 35.8. The van der Waals surface area contributed by atoms with E-state index in [1.807, 2.05) is 6.92 Å². The van der Waals surface area contributed by atoms with E-state index < -0.39 is 0 Å². The highest BCUT2D eigenvalue weighted by molar-refractivity contribution is 5.79. The Morgan fingerprint density at radius 1 is 1.03 bits per heavy atom. The van der Waals surface area contributed by atoms with Crippen LogP contribution in [0.25, 0.3) is 0 Å². The molecule has 3 aliphatic rings. The van der Waals surface area contributed by atoms with Crippen LogP contribution in [0.15, 0.2) is 12.4 Å². The molecule has 3 fully saturated rings. The van der Waals surface area contributed by atoms with Crippen molar-refractivity contribution in [3.05, 3.63) is 23.8 Å². The van der Waals surface area contributed by atoms with Crippen LogP contribution in [0.2, 0.25) is 0 Å². The van der Waals surface area contributed by atoms with Crippen LogP contribution in [0.5, 0.6) is 0 Å². The topological polar surface area (TPSA) is 87.2 Å². The van der Waals surface area contributed by atoms with Gasteiger partial charge in [-0.2, -0.15) is 0 Å². The number of likely N-dealkylation sites (tertiary alicyclic amines) is 1. The maximum Gasteiger partial charge on any atom is 0.223 e. The third kappa shape index (κ3) is 5.53. The largest absolute Gasteiger partial charge is 0.354 e. The van der Waals surface area contributed by atoms with Gasteiger partial charge < -0.3 is 10.6 Å². The number of nitrogens with zero attached hydrogens (tertiary/aromatic N) is 3. The third-order valence-corrected chi connectivity index (χ3v) is 6.65. The quantitative estimate of drug-likeness (QED) is 0.663.